The van der Waals surface area contributed by atoms with Crippen LogP contribution >= 0.6 is 27.5 Å². The van der Waals surface area contributed by atoms with Gasteiger partial charge in [0.05, 0.1) is 22.5 Å². The van der Waals surface area contributed by atoms with Crippen molar-refractivity contribution in [3.63, 3.8) is 0 Å². The molecule has 1 heterocycles. The number of hydrogen-bond donors (Lipinski definition) is 1. The molecule has 0 radical (unpaired) electrons. The average molecular weight is 344 g/mol. The number of rotatable bonds is 4. The van der Waals surface area contributed by atoms with Crippen LogP contribution in [0, 0.1) is 6.92 Å². The number of aliphatic hydroxyl groups is 1. The SMILES string of the molecule is Cc1nn(C)c(CC(CO)c2ccc(Cl)cc2)c1Br. The largest absolute Gasteiger partial charge is 0.396 e. The fourth-order valence-electron chi connectivity index (χ4n) is 2.16. The molecule has 1 aromatic heterocycles. The zero-order chi connectivity index (χ0) is 14.0. The second-order valence-corrected chi connectivity index (χ2v) is 5.83. The summed E-state index contributed by atoms with van der Waals surface area (Å²) in [7, 11) is 1.92. The van der Waals surface area contributed by atoms with E-state index in [2.05, 4.69) is 21.0 Å². The van der Waals surface area contributed by atoms with Gasteiger partial charge < -0.3 is 5.11 Å². The van der Waals surface area contributed by atoms with Gasteiger partial charge >= 0.3 is 0 Å². The fraction of sp³-hybridized carbons (Fsp3) is 0.357. The Labute approximate surface area is 126 Å². The molecule has 3 nitrogen and oxygen atoms in total. The summed E-state index contributed by atoms with van der Waals surface area (Å²) in [6.07, 6.45) is 0.732. The van der Waals surface area contributed by atoms with Crippen LogP contribution in [0.1, 0.15) is 22.9 Å². The first-order valence-corrected chi connectivity index (χ1v) is 7.24. The van der Waals surface area contributed by atoms with E-state index in [9.17, 15) is 5.11 Å². The zero-order valence-corrected chi connectivity index (χ0v) is 13.2. The Morgan fingerprint density at radius 1 is 1.37 bits per heavy atom. The standard InChI is InChI=1S/C14H16BrClN2O/c1-9-14(15)13(18(2)17-9)7-11(8-19)10-3-5-12(16)6-4-10/h3-6,11,19H,7-8H2,1-2H3. The molecule has 5 heteroatoms. The maximum Gasteiger partial charge on any atom is 0.0738 e. The first-order valence-electron chi connectivity index (χ1n) is 6.07. The molecule has 0 aliphatic heterocycles. The molecule has 19 heavy (non-hydrogen) atoms. The maximum atomic E-state index is 9.62. The van der Waals surface area contributed by atoms with E-state index in [0.717, 1.165) is 27.8 Å². The lowest BCUT2D eigenvalue weighted by Gasteiger charge is -2.15. The zero-order valence-electron chi connectivity index (χ0n) is 10.9. The lowest BCUT2D eigenvalue weighted by Crippen LogP contribution is -2.11. The molecular weight excluding hydrogens is 328 g/mol. The second-order valence-electron chi connectivity index (χ2n) is 4.60. The Kier molecular flexibility index (Phi) is 4.66. The lowest BCUT2D eigenvalue weighted by molar-refractivity contribution is 0.263. The predicted molar refractivity (Wildman–Crippen MR) is 80.6 cm³/mol. The van der Waals surface area contributed by atoms with E-state index in [1.165, 1.54) is 0 Å². The van der Waals surface area contributed by atoms with Crippen LogP contribution in [-0.4, -0.2) is 21.5 Å². The van der Waals surface area contributed by atoms with E-state index < -0.39 is 0 Å². The van der Waals surface area contributed by atoms with E-state index in [1.54, 1.807) is 0 Å². The van der Waals surface area contributed by atoms with E-state index in [0.29, 0.717) is 5.02 Å². The number of aliphatic hydroxyl groups excluding tert-OH is 1. The van der Waals surface area contributed by atoms with Gasteiger partial charge in [-0.25, -0.2) is 0 Å². The molecule has 0 saturated carbocycles. The van der Waals surface area contributed by atoms with Crippen LogP contribution in [0.4, 0.5) is 0 Å². The van der Waals surface area contributed by atoms with Gasteiger partial charge in [0, 0.05) is 18.0 Å². The van der Waals surface area contributed by atoms with Gasteiger partial charge in [-0.15, -0.1) is 0 Å². The summed E-state index contributed by atoms with van der Waals surface area (Å²) < 4.78 is 2.88. The summed E-state index contributed by atoms with van der Waals surface area (Å²) in [5.74, 6) is 0.0448. The van der Waals surface area contributed by atoms with Crippen LogP contribution in [-0.2, 0) is 13.5 Å². The van der Waals surface area contributed by atoms with Gasteiger partial charge in [-0.3, -0.25) is 4.68 Å². The normalized spacial score (nSPS) is 12.7. The van der Waals surface area contributed by atoms with E-state index in [-0.39, 0.29) is 12.5 Å². The molecule has 0 bridgehead atoms. The minimum absolute atomic E-state index is 0.0448. The summed E-state index contributed by atoms with van der Waals surface area (Å²) in [6.45, 7) is 2.06. The van der Waals surface area contributed by atoms with Gasteiger partial charge in [0.1, 0.15) is 0 Å². The summed E-state index contributed by atoms with van der Waals surface area (Å²) in [5, 5.41) is 14.7. The topological polar surface area (TPSA) is 38.0 Å². The van der Waals surface area contributed by atoms with Gasteiger partial charge in [0.25, 0.3) is 0 Å². The first kappa shape index (κ1) is 14.6. The first-order chi connectivity index (χ1) is 9.02. The van der Waals surface area contributed by atoms with Gasteiger partial charge in [-0.2, -0.15) is 5.10 Å². The van der Waals surface area contributed by atoms with Crippen LogP contribution < -0.4 is 0 Å². The second kappa shape index (κ2) is 6.07. The molecule has 102 valence electrons. The summed E-state index contributed by atoms with van der Waals surface area (Å²) in [5.41, 5.74) is 3.13. The molecule has 1 N–H and O–H groups in total. The van der Waals surface area contributed by atoms with Crippen LogP contribution in [0.2, 0.25) is 5.02 Å². The van der Waals surface area contributed by atoms with Crippen molar-refractivity contribution in [2.24, 2.45) is 7.05 Å². The molecular formula is C14H16BrClN2O. The van der Waals surface area contributed by atoms with Crippen molar-refractivity contribution in [3.8, 4) is 0 Å². The van der Waals surface area contributed by atoms with Crippen molar-refractivity contribution >= 4 is 27.5 Å². The Bertz CT molecular complexity index is 566. The summed E-state index contributed by atoms with van der Waals surface area (Å²) in [6, 6.07) is 7.62. The Morgan fingerprint density at radius 3 is 2.47 bits per heavy atom. The van der Waals surface area contributed by atoms with Crippen molar-refractivity contribution in [1.82, 2.24) is 9.78 Å². The van der Waals surface area contributed by atoms with E-state index >= 15 is 0 Å². The number of hydrogen-bond acceptors (Lipinski definition) is 2. The fourth-order valence-corrected chi connectivity index (χ4v) is 2.78. The molecule has 0 aliphatic rings. The molecule has 0 saturated heterocycles. The number of aryl methyl sites for hydroxylation is 2. The predicted octanol–water partition coefficient (Wildman–Crippen LogP) is 3.46. The summed E-state index contributed by atoms with van der Waals surface area (Å²) >= 11 is 9.45. The average Bonchev–Trinajstić information content (AvgIpc) is 2.63. The molecule has 2 aromatic rings. The molecule has 2 rings (SSSR count). The third-order valence-electron chi connectivity index (χ3n) is 3.26. The van der Waals surface area contributed by atoms with Gasteiger partial charge in [0.15, 0.2) is 0 Å². The molecule has 1 atom stereocenters. The lowest BCUT2D eigenvalue weighted by atomic mass is 9.95. The van der Waals surface area contributed by atoms with Crippen LogP contribution in [0.3, 0.4) is 0 Å². The minimum atomic E-state index is 0.0448. The molecule has 1 unspecified atom stereocenters. The quantitative estimate of drug-likeness (QED) is 0.923. The Morgan fingerprint density at radius 2 is 2.00 bits per heavy atom. The summed E-state index contributed by atoms with van der Waals surface area (Å²) in [4.78, 5) is 0. The highest BCUT2D eigenvalue weighted by molar-refractivity contribution is 9.10. The van der Waals surface area contributed by atoms with Crippen LogP contribution in [0.5, 0.6) is 0 Å². The van der Waals surface area contributed by atoms with E-state index in [4.69, 9.17) is 11.6 Å². The Balaban J connectivity index is 2.26. The minimum Gasteiger partial charge on any atom is -0.396 e. The number of aromatic nitrogens is 2. The molecule has 1 aromatic carbocycles. The number of benzene rings is 1. The third kappa shape index (κ3) is 3.19. The highest BCUT2D eigenvalue weighted by atomic mass is 79.9. The highest BCUT2D eigenvalue weighted by Crippen LogP contribution is 2.27. The van der Waals surface area contributed by atoms with Crippen molar-refractivity contribution in [2.75, 3.05) is 6.61 Å². The van der Waals surface area contributed by atoms with E-state index in [1.807, 2.05) is 42.9 Å². The van der Waals surface area contributed by atoms with Crippen LogP contribution in [0.25, 0.3) is 0 Å². The van der Waals surface area contributed by atoms with Crippen molar-refractivity contribution in [3.05, 3.63) is 50.7 Å². The molecule has 0 spiro atoms. The van der Waals surface area contributed by atoms with Crippen molar-refractivity contribution < 1.29 is 5.11 Å². The Hall–Kier alpha value is -0.840. The molecule has 0 fully saturated rings. The van der Waals surface area contributed by atoms with Crippen molar-refractivity contribution in [2.45, 2.75) is 19.3 Å². The van der Waals surface area contributed by atoms with Crippen molar-refractivity contribution in [1.29, 1.82) is 0 Å². The number of halogens is 2. The van der Waals surface area contributed by atoms with Gasteiger partial charge in [-0.05, 0) is 47.0 Å². The van der Waals surface area contributed by atoms with Gasteiger partial charge in [0.2, 0.25) is 0 Å². The molecule has 0 amide bonds. The van der Waals surface area contributed by atoms with Crippen LogP contribution in [0.15, 0.2) is 28.7 Å². The highest BCUT2D eigenvalue weighted by Gasteiger charge is 2.17. The monoisotopic (exact) mass is 342 g/mol. The van der Waals surface area contributed by atoms with Gasteiger partial charge in [-0.1, -0.05) is 23.7 Å². The maximum absolute atomic E-state index is 9.62. The smallest absolute Gasteiger partial charge is 0.0738 e. The molecule has 0 aliphatic carbocycles. The number of nitrogens with zero attached hydrogens (tertiary/aromatic N) is 2. The third-order valence-corrected chi connectivity index (χ3v) is 4.55.